The van der Waals surface area contributed by atoms with Gasteiger partial charge in [-0.15, -0.1) is 0 Å². The Morgan fingerprint density at radius 1 is 1.21 bits per heavy atom. The SMILES string of the molecule is Cc1ccc(Cl)cc1-c1ccc(/C=N/NC(=O)c2ccncc2)o1. The average molecular weight is 340 g/mol. The van der Waals surface area contributed by atoms with E-state index in [1.54, 1.807) is 30.6 Å². The molecule has 2 aromatic heterocycles. The van der Waals surface area contributed by atoms with Crippen molar-refractivity contribution in [2.24, 2.45) is 5.10 Å². The summed E-state index contributed by atoms with van der Waals surface area (Å²) in [6, 6.07) is 12.4. The summed E-state index contributed by atoms with van der Waals surface area (Å²) in [5, 5.41) is 4.55. The molecule has 24 heavy (non-hydrogen) atoms. The lowest BCUT2D eigenvalue weighted by Gasteiger charge is -2.02. The van der Waals surface area contributed by atoms with Gasteiger partial charge in [0.25, 0.3) is 5.91 Å². The maximum absolute atomic E-state index is 11.8. The molecule has 0 unspecified atom stereocenters. The number of benzene rings is 1. The van der Waals surface area contributed by atoms with Crippen LogP contribution in [0.3, 0.4) is 0 Å². The van der Waals surface area contributed by atoms with Crippen molar-refractivity contribution in [3.05, 3.63) is 76.8 Å². The number of furan rings is 1. The van der Waals surface area contributed by atoms with Crippen LogP contribution in [0.5, 0.6) is 0 Å². The molecule has 0 atom stereocenters. The van der Waals surface area contributed by atoms with Crippen LogP contribution in [0.25, 0.3) is 11.3 Å². The number of rotatable bonds is 4. The standard InChI is InChI=1S/C18H14ClN3O2/c1-12-2-3-14(19)10-16(12)17-5-4-15(24-17)11-21-22-18(23)13-6-8-20-9-7-13/h2-11H,1H3,(H,22,23)/b21-11+. The number of pyridine rings is 1. The number of hydrazone groups is 1. The van der Waals surface area contributed by atoms with Gasteiger partial charge in [-0.3, -0.25) is 9.78 Å². The fraction of sp³-hybridized carbons (Fsp3) is 0.0556. The van der Waals surface area contributed by atoms with Crippen LogP contribution in [-0.4, -0.2) is 17.1 Å². The van der Waals surface area contributed by atoms with Crippen molar-refractivity contribution in [3.8, 4) is 11.3 Å². The van der Waals surface area contributed by atoms with Crippen LogP contribution < -0.4 is 5.43 Å². The third-order valence-electron chi connectivity index (χ3n) is 3.39. The van der Waals surface area contributed by atoms with E-state index >= 15 is 0 Å². The van der Waals surface area contributed by atoms with Crippen LogP contribution in [0, 0.1) is 6.92 Å². The van der Waals surface area contributed by atoms with Gasteiger partial charge in [-0.1, -0.05) is 17.7 Å². The number of hydrogen-bond acceptors (Lipinski definition) is 4. The van der Waals surface area contributed by atoms with E-state index < -0.39 is 0 Å². The number of amides is 1. The van der Waals surface area contributed by atoms with E-state index in [1.807, 2.05) is 31.2 Å². The molecule has 0 fully saturated rings. The van der Waals surface area contributed by atoms with Gasteiger partial charge in [-0.2, -0.15) is 5.10 Å². The van der Waals surface area contributed by atoms with Gasteiger partial charge in [0, 0.05) is 28.5 Å². The van der Waals surface area contributed by atoms with E-state index in [0.717, 1.165) is 11.1 Å². The van der Waals surface area contributed by atoms with Crippen molar-refractivity contribution < 1.29 is 9.21 Å². The molecule has 1 amide bonds. The molecule has 0 saturated carbocycles. The van der Waals surface area contributed by atoms with Crippen LogP contribution in [0.15, 0.2) is 64.4 Å². The van der Waals surface area contributed by atoms with Gasteiger partial charge < -0.3 is 4.42 Å². The Balaban J connectivity index is 1.70. The van der Waals surface area contributed by atoms with Crippen molar-refractivity contribution in [2.75, 3.05) is 0 Å². The molecule has 6 heteroatoms. The molecule has 0 aliphatic carbocycles. The smallest absolute Gasteiger partial charge is 0.271 e. The molecule has 2 heterocycles. The minimum Gasteiger partial charge on any atom is -0.455 e. The van der Waals surface area contributed by atoms with Gasteiger partial charge >= 0.3 is 0 Å². The monoisotopic (exact) mass is 339 g/mol. The van der Waals surface area contributed by atoms with Crippen LogP contribution in [-0.2, 0) is 0 Å². The fourth-order valence-corrected chi connectivity index (χ4v) is 2.32. The first-order valence-corrected chi connectivity index (χ1v) is 7.61. The highest BCUT2D eigenvalue weighted by Gasteiger charge is 2.08. The Morgan fingerprint density at radius 2 is 2.00 bits per heavy atom. The summed E-state index contributed by atoms with van der Waals surface area (Å²) in [6.45, 7) is 1.98. The van der Waals surface area contributed by atoms with E-state index in [0.29, 0.717) is 22.1 Å². The number of halogens is 1. The predicted molar refractivity (Wildman–Crippen MR) is 93.2 cm³/mol. The number of nitrogens with one attached hydrogen (secondary N) is 1. The second-order valence-corrected chi connectivity index (χ2v) is 5.53. The highest BCUT2D eigenvalue weighted by atomic mass is 35.5. The lowest BCUT2D eigenvalue weighted by atomic mass is 10.1. The summed E-state index contributed by atoms with van der Waals surface area (Å²) < 4.78 is 5.72. The van der Waals surface area contributed by atoms with Gasteiger partial charge in [-0.25, -0.2) is 5.43 Å². The number of carbonyl (C=O) groups is 1. The maximum atomic E-state index is 11.8. The quantitative estimate of drug-likeness (QED) is 0.575. The van der Waals surface area contributed by atoms with Gasteiger partial charge in [0.05, 0.1) is 6.21 Å². The molecule has 1 N–H and O–H groups in total. The normalized spacial score (nSPS) is 10.9. The number of carbonyl (C=O) groups excluding carboxylic acids is 1. The van der Waals surface area contributed by atoms with Crippen LogP contribution >= 0.6 is 11.6 Å². The van der Waals surface area contributed by atoms with Crippen molar-refractivity contribution in [1.82, 2.24) is 10.4 Å². The minimum absolute atomic E-state index is 0.314. The maximum Gasteiger partial charge on any atom is 0.271 e. The molecule has 3 rings (SSSR count). The Kier molecular flexibility index (Phi) is 4.72. The van der Waals surface area contributed by atoms with E-state index in [2.05, 4.69) is 15.5 Å². The molecule has 0 radical (unpaired) electrons. The van der Waals surface area contributed by atoms with Crippen LogP contribution in [0.1, 0.15) is 21.7 Å². The molecule has 1 aromatic carbocycles. The molecule has 0 bridgehead atoms. The molecule has 5 nitrogen and oxygen atoms in total. The van der Waals surface area contributed by atoms with Crippen LogP contribution in [0.2, 0.25) is 5.02 Å². The van der Waals surface area contributed by atoms with Gasteiger partial charge in [0.1, 0.15) is 11.5 Å². The van der Waals surface area contributed by atoms with Gasteiger partial charge in [-0.05, 0) is 48.9 Å². The summed E-state index contributed by atoms with van der Waals surface area (Å²) in [4.78, 5) is 15.7. The molecular weight excluding hydrogens is 326 g/mol. The van der Waals surface area contributed by atoms with Crippen molar-refractivity contribution in [3.63, 3.8) is 0 Å². The Hall–Kier alpha value is -2.92. The summed E-state index contributed by atoms with van der Waals surface area (Å²) in [5.41, 5.74) is 4.90. The Morgan fingerprint density at radius 3 is 2.79 bits per heavy atom. The number of aromatic nitrogens is 1. The predicted octanol–water partition coefficient (Wildman–Crippen LogP) is 4.07. The van der Waals surface area contributed by atoms with Crippen molar-refractivity contribution in [2.45, 2.75) is 6.92 Å². The molecular formula is C18H14ClN3O2. The van der Waals surface area contributed by atoms with Gasteiger partial charge in [0.15, 0.2) is 0 Å². The largest absolute Gasteiger partial charge is 0.455 e. The minimum atomic E-state index is -0.314. The Labute approximate surface area is 144 Å². The third-order valence-corrected chi connectivity index (χ3v) is 3.63. The van der Waals surface area contributed by atoms with E-state index in [9.17, 15) is 4.79 Å². The van der Waals surface area contributed by atoms with Crippen molar-refractivity contribution in [1.29, 1.82) is 0 Å². The zero-order valence-electron chi connectivity index (χ0n) is 12.9. The second kappa shape index (κ2) is 7.10. The highest BCUT2D eigenvalue weighted by Crippen LogP contribution is 2.27. The number of aryl methyl sites for hydroxylation is 1. The average Bonchev–Trinajstić information content (AvgIpc) is 3.06. The molecule has 0 saturated heterocycles. The zero-order valence-corrected chi connectivity index (χ0v) is 13.6. The lowest BCUT2D eigenvalue weighted by molar-refractivity contribution is 0.0955. The van der Waals surface area contributed by atoms with E-state index in [4.69, 9.17) is 16.0 Å². The van der Waals surface area contributed by atoms with Crippen molar-refractivity contribution >= 4 is 23.7 Å². The fourth-order valence-electron chi connectivity index (χ4n) is 2.15. The molecule has 3 aromatic rings. The summed E-state index contributed by atoms with van der Waals surface area (Å²) in [6.07, 6.45) is 4.54. The zero-order chi connectivity index (χ0) is 16.9. The molecule has 0 spiro atoms. The lowest BCUT2D eigenvalue weighted by Crippen LogP contribution is -2.17. The number of nitrogens with zero attached hydrogens (tertiary/aromatic N) is 2. The van der Waals surface area contributed by atoms with E-state index in [-0.39, 0.29) is 5.91 Å². The van der Waals surface area contributed by atoms with Crippen LogP contribution in [0.4, 0.5) is 0 Å². The highest BCUT2D eigenvalue weighted by molar-refractivity contribution is 6.30. The Bertz CT molecular complexity index is 888. The first kappa shape index (κ1) is 16.0. The topological polar surface area (TPSA) is 67.5 Å². The summed E-state index contributed by atoms with van der Waals surface area (Å²) in [7, 11) is 0. The van der Waals surface area contributed by atoms with E-state index in [1.165, 1.54) is 6.21 Å². The third kappa shape index (κ3) is 3.70. The second-order valence-electron chi connectivity index (χ2n) is 5.10. The summed E-state index contributed by atoms with van der Waals surface area (Å²) in [5.74, 6) is 0.905. The van der Waals surface area contributed by atoms with Gasteiger partial charge in [0.2, 0.25) is 0 Å². The summed E-state index contributed by atoms with van der Waals surface area (Å²) >= 11 is 6.03. The first-order chi connectivity index (χ1) is 11.6. The number of hydrogen-bond donors (Lipinski definition) is 1. The molecule has 0 aliphatic heterocycles. The molecule has 120 valence electrons. The molecule has 0 aliphatic rings. The first-order valence-electron chi connectivity index (χ1n) is 7.23.